The second-order valence-electron chi connectivity index (χ2n) is 10.6. The minimum absolute atomic E-state index is 0.0764. The molecule has 10 heteroatoms. The molecule has 1 aliphatic rings. The Balaban J connectivity index is 1.93. The van der Waals surface area contributed by atoms with Crippen molar-refractivity contribution in [3.8, 4) is 17.2 Å². The van der Waals surface area contributed by atoms with Crippen molar-refractivity contribution in [2.75, 3.05) is 33.9 Å². The number of methoxy groups -OCH3 is 2. The van der Waals surface area contributed by atoms with Gasteiger partial charge in [0.25, 0.3) is 0 Å². The molecule has 43 heavy (non-hydrogen) atoms. The number of amides is 2. The van der Waals surface area contributed by atoms with Crippen LogP contribution in [0.3, 0.4) is 0 Å². The standard InChI is InChI=1S/C33H45IN2O7/c1-4-5-6-7-8-13-31(38)36(18-16-23-20-25(41-2)14-15-28(23)42-3)27-21-24(33(40)35-17-19-37)22-30(32(27)39)43-29-12-10-9-11-26(29)34/h9-12,14-15,20,22,27,30,32,37,39H,4-8,13,16-19,21H2,1-3H3,(H,35,40)/t27-,30+,32+/m1/s1. The van der Waals surface area contributed by atoms with E-state index in [1.165, 1.54) is 0 Å². The molecule has 236 valence electrons. The van der Waals surface area contributed by atoms with E-state index in [1.54, 1.807) is 25.2 Å². The van der Waals surface area contributed by atoms with E-state index in [0.29, 0.717) is 42.2 Å². The van der Waals surface area contributed by atoms with Crippen molar-refractivity contribution in [2.24, 2.45) is 0 Å². The highest BCUT2D eigenvalue weighted by Gasteiger charge is 2.40. The smallest absolute Gasteiger partial charge is 0.247 e. The Morgan fingerprint density at radius 2 is 1.81 bits per heavy atom. The molecule has 0 spiro atoms. The van der Waals surface area contributed by atoms with Crippen LogP contribution in [0.1, 0.15) is 57.4 Å². The number of hydrogen-bond donors (Lipinski definition) is 3. The maximum atomic E-state index is 13.9. The number of halogens is 1. The number of nitrogens with zero attached hydrogens (tertiary/aromatic N) is 1. The first kappa shape index (κ1) is 34.7. The third-order valence-electron chi connectivity index (χ3n) is 7.64. The van der Waals surface area contributed by atoms with Gasteiger partial charge < -0.3 is 34.6 Å². The monoisotopic (exact) mass is 708 g/mol. The van der Waals surface area contributed by atoms with Crippen molar-refractivity contribution in [1.29, 1.82) is 0 Å². The van der Waals surface area contributed by atoms with Crippen LogP contribution in [0.2, 0.25) is 0 Å². The Labute approximate surface area is 268 Å². The molecule has 9 nitrogen and oxygen atoms in total. The van der Waals surface area contributed by atoms with Crippen molar-refractivity contribution >= 4 is 34.4 Å². The van der Waals surface area contributed by atoms with Crippen molar-refractivity contribution in [3.05, 3.63) is 63.2 Å². The molecule has 3 atom stereocenters. The third-order valence-corrected chi connectivity index (χ3v) is 8.53. The summed E-state index contributed by atoms with van der Waals surface area (Å²) in [6.45, 7) is 2.36. The minimum Gasteiger partial charge on any atom is -0.497 e. The lowest BCUT2D eigenvalue weighted by atomic mass is 9.87. The summed E-state index contributed by atoms with van der Waals surface area (Å²) in [7, 11) is 3.20. The first-order chi connectivity index (χ1) is 20.8. The molecule has 2 amide bonds. The number of carbonyl (C=O) groups excluding carboxylic acids is 2. The molecule has 1 aliphatic carbocycles. The number of aliphatic hydroxyl groups excluding tert-OH is 2. The average Bonchev–Trinajstić information content (AvgIpc) is 3.02. The molecule has 0 aliphatic heterocycles. The molecule has 0 saturated carbocycles. The van der Waals surface area contributed by atoms with E-state index < -0.39 is 18.2 Å². The summed E-state index contributed by atoms with van der Waals surface area (Å²) >= 11 is 2.17. The number of carbonyl (C=O) groups is 2. The summed E-state index contributed by atoms with van der Waals surface area (Å²) < 4.78 is 18.1. The maximum absolute atomic E-state index is 13.9. The van der Waals surface area contributed by atoms with Crippen LogP contribution in [-0.4, -0.2) is 79.1 Å². The highest BCUT2D eigenvalue weighted by molar-refractivity contribution is 14.1. The topological polar surface area (TPSA) is 118 Å². The lowest BCUT2D eigenvalue weighted by Gasteiger charge is -2.41. The Bertz CT molecular complexity index is 1220. The van der Waals surface area contributed by atoms with Crippen LogP contribution in [0.25, 0.3) is 0 Å². The van der Waals surface area contributed by atoms with Crippen molar-refractivity contribution < 1.29 is 34.0 Å². The average molecular weight is 709 g/mol. The van der Waals surface area contributed by atoms with Gasteiger partial charge in [-0.25, -0.2) is 0 Å². The van der Waals surface area contributed by atoms with Crippen LogP contribution < -0.4 is 19.5 Å². The first-order valence-corrected chi connectivity index (χ1v) is 16.1. The summed E-state index contributed by atoms with van der Waals surface area (Å²) in [6, 6.07) is 12.3. The number of ether oxygens (including phenoxy) is 3. The predicted molar refractivity (Wildman–Crippen MR) is 175 cm³/mol. The third kappa shape index (κ3) is 10.1. The number of rotatable bonds is 17. The summed E-state index contributed by atoms with van der Waals surface area (Å²) in [5.41, 5.74) is 1.27. The van der Waals surface area contributed by atoms with E-state index >= 15 is 0 Å². The minimum atomic E-state index is -1.08. The van der Waals surface area contributed by atoms with Crippen LogP contribution in [-0.2, 0) is 16.0 Å². The van der Waals surface area contributed by atoms with Gasteiger partial charge >= 0.3 is 0 Å². The van der Waals surface area contributed by atoms with Crippen LogP contribution in [0.4, 0.5) is 0 Å². The van der Waals surface area contributed by atoms with E-state index in [0.717, 1.165) is 41.2 Å². The molecule has 0 unspecified atom stereocenters. The molecule has 2 aromatic rings. The van der Waals surface area contributed by atoms with Crippen LogP contribution in [0.15, 0.2) is 54.1 Å². The van der Waals surface area contributed by atoms with Crippen molar-refractivity contribution in [1.82, 2.24) is 10.2 Å². The SMILES string of the molecule is CCCCCCCC(=O)N(CCc1cc(OC)ccc1OC)[C@@H]1CC(C(=O)NCCO)=C[C@H](Oc2ccccc2I)[C@H]1O. The highest BCUT2D eigenvalue weighted by atomic mass is 127. The molecule has 2 aromatic carbocycles. The summed E-state index contributed by atoms with van der Waals surface area (Å²) in [5, 5.41) is 23.7. The molecule has 0 heterocycles. The van der Waals surface area contributed by atoms with Crippen molar-refractivity contribution in [3.63, 3.8) is 0 Å². The normalized spacial score (nSPS) is 18.0. The zero-order valence-corrected chi connectivity index (χ0v) is 27.5. The zero-order valence-electron chi connectivity index (χ0n) is 25.4. The fraction of sp³-hybridized carbons (Fsp3) is 0.515. The second-order valence-corrected chi connectivity index (χ2v) is 11.8. The van der Waals surface area contributed by atoms with Gasteiger partial charge in [-0.15, -0.1) is 0 Å². The van der Waals surface area contributed by atoms with E-state index in [4.69, 9.17) is 14.2 Å². The van der Waals surface area contributed by atoms with Crippen LogP contribution in [0, 0.1) is 3.57 Å². The Morgan fingerprint density at radius 3 is 2.51 bits per heavy atom. The van der Waals surface area contributed by atoms with Gasteiger partial charge in [0.15, 0.2) is 0 Å². The fourth-order valence-corrected chi connectivity index (χ4v) is 5.80. The van der Waals surface area contributed by atoms with Gasteiger partial charge in [-0.3, -0.25) is 9.59 Å². The molecule has 0 fully saturated rings. The second kappa shape index (κ2) is 18.1. The molecular formula is C33H45IN2O7. The van der Waals surface area contributed by atoms with E-state index in [-0.39, 0.29) is 31.4 Å². The van der Waals surface area contributed by atoms with Gasteiger partial charge in [-0.1, -0.05) is 44.7 Å². The number of unbranched alkanes of at least 4 members (excludes halogenated alkanes) is 4. The quantitative estimate of drug-likeness (QED) is 0.162. The van der Waals surface area contributed by atoms with Gasteiger partial charge in [-0.2, -0.15) is 0 Å². The highest BCUT2D eigenvalue weighted by Crippen LogP contribution is 2.31. The summed E-state index contributed by atoms with van der Waals surface area (Å²) in [6.07, 6.45) is 5.67. The van der Waals surface area contributed by atoms with Gasteiger partial charge in [0, 0.05) is 31.5 Å². The molecule has 3 N–H and O–H groups in total. The molecular weight excluding hydrogens is 663 g/mol. The van der Waals surface area contributed by atoms with Gasteiger partial charge in [0.1, 0.15) is 29.5 Å². The summed E-state index contributed by atoms with van der Waals surface area (Å²) in [4.78, 5) is 28.7. The first-order valence-electron chi connectivity index (χ1n) is 15.0. The molecule has 0 radical (unpaired) electrons. The Kier molecular flexibility index (Phi) is 14.6. The van der Waals surface area contributed by atoms with Gasteiger partial charge in [0.05, 0.1) is 30.4 Å². The predicted octanol–water partition coefficient (Wildman–Crippen LogP) is 4.66. The molecule has 0 saturated heterocycles. The molecule has 3 rings (SSSR count). The van der Waals surface area contributed by atoms with Gasteiger partial charge in [-0.05, 0) is 77.4 Å². The Hall–Kier alpha value is -2.83. The number of benzene rings is 2. The molecule has 0 aromatic heterocycles. The van der Waals surface area contributed by atoms with E-state index in [9.17, 15) is 19.8 Å². The van der Waals surface area contributed by atoms with Crippen LogP contribution >= 0.6 is 22.6 Å². The number of nitrogens with one attached hydrogen (secondary N) is 1. The number of para-hydroxylation sites is 1. The Morgan fingerprint density at radius 1 is 1.05 bits per heavy atom. The van der Waals surface area contributed by atoms with Gasteiger partial charge in [0.2, 0.25) is 11.8 Å². The maximum Gasteiger partial charge on any atom is 0.247 e. The zero-order chi connectivity index (χ0) is 31.2. The lowest BCUT2D eigenvalue weighted by molar-refractivity contribution is -0.138. The fourth-order valence-electron chi connectivity index (χ4n) is 5.28. The number of aliphatic hydroxyl groups is 2. The van der Waals surface area contributed by atoms with E-state index in [1.807, 2.05) is 42.5 Å². The lowest BCUT2D eigenvalue weighted by Crippen LogP contribution is -2.55. The van der Waals surface area contributed by atoms with Crippen LogP contribution in [0.5, 0.6) is 17.2 Å². The van der Waals surface area contributed by atoms with E-state index in [2.05, 4.69) is 34.8 Å². The number of hydrogen-bond acceptors (Lipinski definition) is 7. The summed E-state index contributed by atoms with van der Waals surface area (Å²) in [5.74, 6) is 1.50. The largest absolute Gasteiger partial charge is 0.497 e. The van der Waals surface area contributed by atoms with Crippen molar-refractivity contribution in [2.45, 2.75) is 76.5 Å². The molecule has 0 bridgehead atoms.